The van der Waals surface area contributed by atoms with Gasteiger partial charge in [-0.25, -0.2) is 4.98 Å². The van der Waals surface area contributed by atoms with E-state index < -0.39 is 0 Å². The Labute approximate surface area is 109 Å². The molecule has 1 unspecified atom stereocenters. The van der Waals surface area contributed by atoms with Crippen LogP contribution in [0, 0.1) is 19.3 Å². The van der Waals surface area contributed by atoms with Gasteiger partial charge in [-0.1, -0.05) is 6.92 Å². The molecule has 1 aliphatic carbocycles. The Morgan fingerprint density at radius 3 is 2.59 bits per heavy atom. The maximum absolute atomic E-state index is 4.69. The van der Waals surface area contributed by atoms with Crippen LogP contribution in [-0.4, -0.2) is 17.6 Å². The van der Waals surface area contributed by atoms with Crippen LogP contribution in [0.3, 0.4) is 0 Å². The van der Waals surface area contributed by atoms with Crippen molar-refractivity contribution in [2.75, 3.05) is 6.54 Å². The van der Waals surface area contributed by atoms with Gasteiger partial charge >= 0.3 is 0 Å². The molecule has 0 saturated heterocycles. The van der Waals surface area contributed by atoms with Gasteiger partial charge in [-0.15, -0.1) is 11.3 Å². The Balaban J connectivity index is 1.97. The lowest BCUT2D eigenvalue weighted by Gasteiger charge is -2.23. The fraction of sp³-hybridized carbons (Fsp3) is 0.786. The van der Waals surface area contributed by atoms with Gasteiger partial charge in [0.05, 0.1) is 10.7 Å². The van der Waals surface area contributed by atoms with Crippen LogP contribution < -0.4 is 5.32 Å². The van der Waals surface area contributed by atoms with E-state index in [-0.39, 0.29) is 0 Å². The maximum Gasteiger partial charge on any atom is 0.0937 e. The van der Waals surface area contributed by atoms with E-state index in [4.69, 9.17) is 0 Å². The summed E-state index contributed by atoms with van der Waals surface area (Å²) in [7, 11) is 0. The first-order chi connectivity index (χ1) is 8.07. The monoisotopic (exact) mass is 252 g/mol. The molecule has 96 valence electrons. The van der Waals surface area contributed by atoms with Gasteiger partial charge in [0, 0.05) is 17.3 Å². The molecular formula is C14H24N2S. The molecule has 1 aromatic rings. The molecule has 1 atom stereocenters. The molecule has 1 heterocycles. The Morgan fingerprint density at radius 1 is 1.41 bits per heavy atom. The summed E-state index contributed by atoms with van der Waals surface area (Å²) in [5, 5.41) is 4.99. The van der Waals surface area contributed by atoms with Gasteiger partial charge in [-0.3, -0.25) is 0 Å². The summed E-state index contributed by atoms with van der Waals surface area (Å²) >= 11 is 1.88. The molecule has 2 rings (SSSR count). The normalized spacial score (nSPS) is 19.3. The van der Waals surface area contributed by atoms with Crippen molar-refractivity contribution in [1.29, 1.82) is 0 Å². The molecule has 0 aliphatic heterocycles. The number of aromatic nitrogens is 1. The predicted octanol–water partition coefficient (Wildman–Crippen LogP) is 3.47. The van der Waals surface area contributed by atoms with Crippen molar-refractivity contribution in [1.82, 2.24) is 10.3 Å². The average Bonchev–Trinajstić information content (AvgIpc) is 2.99. The topological polar surface area (TPSA) is 24.9 Å². The number of rotatable bonds is 6. The highest BCUT2D eigenvalue weighted by Gasteiger charge is 2.47. The second-order valence-electron chi connectivity index (χ2n) is 5.46. The van der Waals surface area contributed by atoms with Crippen LogP contribution in [0.2, 0.25) is 0 Å². The third-order valence-electron chi connectivity index (χ3n) is 4.09. The Hall–Kier alpha value is -0.410. The van der Waals surface area contributed by atoms with Crippen LogP contribution in [0.4, 0.5) is 0 Å². The average molecular weight is 252 g/mol. The van der Waals surface area contributed by atoms with Gasteiger partial charge in [-0.05, 0) is 52.0 Å². The van der Waals surface area contributed by atoms with E-state index >= 15 is 0 Å². The zero-order valence-electron chi connectivity index (χ0n) is 11.5. The van der Waals surface area contributed by atoms with Gasteiger partial charge in [-0.2, -0.15) is 0 Å². The van der Waals surface area contributed by atoms with E-state index in [0.29, 0.717) is 11.5 Å². The largest absolute Gasteiger partial charge is 0.314 e. The molecule has 0 amide bonds. The molecule has 1 N–H and O–H groups in total. The minimum absolute atomic E-state index is 0.506. The van der Waals surface area contributed by atoms with Crippen LogP contribution in [0.15, 0.2) is 0 Å². The van der Waals surface area contributed by atoms with Gasteiger partial charge in [0.1, 0.15) is 0 Å². The zero-order chi connectivity index (χ0) is 12.5. The molecule has 1 aliphatic rings. The summed E-state index contributed by atoms with van der Waals surface area (Å²) < 4.78 is 0. The third-order valence-corrected chi connectivity index (χ3v) is 5.16. The highest BCUT2D eigenvalue weighted by Crippen LogP contribution is 2.51. The first-order valence-electron chi connectivity index (χ1n) is 6.74. The fourth-order valence-electron chi connectivity index (χ4n) is 2.42. The van der Waals surface area contributed by atoms with Crippen LogP contribution in [0.25, 0.3) is 0 Å². The molecule has 1 aromatic heterocycles. The van der Waals surface area contributed by atoms with E-state index in [0.717, 1.165) is 6.54 Å². The van der Waals surface area contributed by atoms with E-state index in [1.807, 2.05) is 11.3 Å². The van der Waals surface area contributed by atoms with Crippen molar-refractivity contribution in [2.24, 2.45) is 5.41 Å². The molecule has 1 saturated carbocycles. The maximum atomic E-state index is 4.69. The van der Waals surface area contributed by atoms with Crippen LogP contribution in [-0.2, 0) is 6.42 Å². The quantitative estimate of drug-likeness (QED) is 0.838. The molecule has 0 aromatic carbocycles. The first-order valence-corrected chi connectivity index (χ1v) is 7.55. The minimum Gasteiger partial charge on any atom is -0.314 e. The molecule has 3 heteroatoms. The summed E-state index contributed by atoms with van der Waals surface area (Å²) in [6.07, 6.45) is 5.12. The summed E-state index contributed by atoms with van der Waals surface area (Å²) in [6.45, 7) is 10.0. The van der Waals surface area contributed by atoms with Crippen molar-refractivity contribution in [3.05, 3.63) is 15.6 Å². The minimum atomic E-state index is 0.506. The van der Waals surface area contributed by atoms with Crippen LogP contribution in [0.1, 0.15) is 48.7 Å². The number of hydrogen-bond acceptors (Lipinski definition) is 3. The van der Waals surface area contributed by atoms with E-state index in [9.17, 15) is 0 Å². The first kappa shape index (κ1) is 13.0. The number of nitrogens with one attached hydrogen (secondary N) is 1. The zero-order valence-corrected chi connectivity index (χ0v) is 12.3. The van der Waals surface area contributed by atoms with Crippen molar-refractivity contribution < 1.29 is 0 Å². The van der Waals surface area contributed by atoms with Gasteiger partial charge < -0.3 is 5.32 Å². The Bertz CT molecular complexity index is 360. The molecular weight excluding hydrogens is 228 g/mol. The summed E-state index contributed by atoms with van der Waals surface area (Å²) in [4.78, 5) is 6.07. The smallest absolute Gasteiger partial charge is 0.0937 e. The highest BCUT2D eigenvalue weighted by molar-refractivity contribution is 7.11. The number of thiazole rings is 1. The Kier molecular flexibility index (Phi) is 3.88. The molecule has 0 radical (unpaired) electrons. The lowest BCUT2D eigenvalue weighted by Crippen LogP contribution is -2.36. The lowest BCUT2D eigenvalue weighted by molar-refractivity contribution is 0.350. The van der Waals surface area contributed by atoms with E-state index in [1.54, 1.807) is 0 Å². The highest BCUT2D eigenvalue weighted by atomic mass is 32.1. The van der Waals surface area contributed by atoms with Crippen molar-refractivity contribution in [2.45, 2.75) is 59.4 Å². The standard InChI is InChI=1S/C14H24N2S/c1-5-8-15-12(4)14(6-7-14)9-13-16-10(2)11(3)17-13/h12,15H,5-9H2,1-4H3. The lowest BCUT2D eigenvalue weighted by atomic mass is 9.94. The molecule has 0 bridgehead atoms. The number of hydrogen-bond donors (Lipinski definition) is 1. The van der Waals surface area contributed by atoms with Crippen molar-refractivity contribution in [3.63, 3.8) is 0 Å². The summed E-state index contributed by atoms with van der Waals surface area (Å²) in [5.74, 6) is 0. The Morgan fingerprint density at radius 2 is 2.12 bits per heavy atom. The molecule has 1 fully saturated rings. The van der Waals surface area contributed by atoms with E-state index in [2.05, 4.69) is 38.0 Å². The van der Waals surface area contributed by atoms with Crippen LogP contribution >= 0.6 is 11.3 Å². The van der Waals surface area contributed by atoms with Gasteiger partial charge in [0.25, 0.3) is 0 Å². The SMILES string of the molecule is CCCNC(C)C1(Cc2nc(C)c(C)s2)CC1. The fourth-order valence-corrected chi connectivity index (χ4v) is 3.51. The third kappa shape index (κ3) is 2.89. The summed E-state index contributed by atoms with van der Waals surface area (Å²) in [5.41, 5.74) is 1.72. The molecule has 2 nitrogen and oxygen atoms in total. The predicted molar refractivity (Wildman–Crippen MR) is 74.7 cm³/mol. The van der Waals surface area contributed by atoms with Crippen LogP contribution in [0.5, 0.6) is 0 Å². The van der Waals surface area contributed by atoms with Crippen molar-refractivity contribution >= 4 is 11.3 Å². The van der Waals surface area contributed by atoms with Gasteiger partial charge in [0.2, 0.25) is 0 Å². The number of aryl methyl sites for hydroxylation is 2. The van der Waals surface area contributed by atoms with Gasteiger partial charge in [0.15, 0.2) is 0 Å². The van der Waals surface area contributed by atoms with E-state index in [1.165, 1.54) is 41.3 Å². The molecule has 0 spiro atoms. The second kappa shape index (κ2) is 5.07. The van der Waals surface area contributed by atoms with Crippen molar-refractivity contribution in [3.8, 4) is 0 Å². The second-order valence-corrected chi connectivity index (χ2v) is 6.75. The summed E-state index contributed by atoms with van der Waals surface area (Å²) in [6, 6.07) is 0.631. The molecule has 17 heavy (non-hydrogen) atoms. The number of nitrogens with zero attached hydrogens (tertiary/aromatic N) is 1.